The molecule has 4 heteroatoms. The molecule has 1 atom stereocenters. The second kappa shape index (κ2) is 6.31. The maximum Gasteiger partial charge on any atom is 0.123 e. The smallest absolute Gasteiger partial charge is 0.123 e. The van der Waals surface area contributed by atoms with Gasteiger partial charge in [-0.1, -0.05) is 19.1 Å². The molecule has 0 amide bonds. The fourth-order valence-electron chi connectivity index (χ4n) is 2.01. The largest absolute Gasteiger partial charge is 0.308 e. The van der Waals surface area contributed by atoms with Crippen molar-refractivity contribution in [1.82, 2.24) is 15.1 Å². The van der Waals surface area contributed by atoms with E-state index in [-0.39, 0.29) is 11.9 Å². The summed E-state index contributed by atoms with van der Waals surface area (Å²) in [6.07, 6.45) is 4.64. The summed E-state index contributed by atoms with van der Waals surface area (Å²) in [4.78, 5) is 0. The van der Waals surface area contributed by atoms with Gasteiger partial charge in [0.15, 0.2) is 0 Å². The van der Waals surface area contributed by atoms with Crippen molar-refractivity contribution < 1.29 is 4.39 Å². The predicted octanol–water partition coefficient (Wildman–Crippen LogP) is 2.76. The molecule has 0 aliphatic heterocycles. The van der Waals surface area contributed by atoms with Crippen molar-refractivity contribution in [2.75, 3.05) is 6.54 Å². The Kier molecular flexibility index (Phi) is 4.47. The first-order valence-electron chi connectivity index (χ1n) is 6.26. The molecule has 18 heavy (non-hydrogen) atoms. The van der Waals surface area contributed by atoms with Crippen molar-refractivity contribution in [3.8, 4) is 0 Å². The average molecular weight is 247 g/mol. The zero-order valence-corrected chi connectivity index (χ0v) is 10.5. The van der Waals surface area contributed by atoms with Gasteiger partial charge in [0.05, 0.1) is 6.54 Å². The molecule has 0 aliphatic rings. The number of aromatic nitrogens is 2. The van der Waals surface area contributed by atoms with E-state index in [0.29, 0.717) is 0 Å². The molecular weight excluding hydrogens is 229 g/mol. The van der Waals surface area contributed by atoms with Gasteiger partial charge >= 0.3 is 0 Å². The van der Waals surface area contributed by atoms with Gasteiger partial charge in [0.25, 0.3) is 0 Å². The van der Waals surface area contributed by atoms with Crippen molar-refractivity contribution >= 4 is 0 Å². The molecule has 0 saturated carbocycles. The van der Waals surface area contributed by atoms with Crippen LogP contribution in [0.15, 0.2) is 42.7 Å². The van der Waals surface area contributed by atoms with Crippen LogP contribution in [-0.4, -0.2) is 16.3 Å². The van der Waals surface area contributed by atoms with Crippen LogP contribution < -0.4 is 5.32 Å². The van der Waals surface area contributed by atoms with Crippen LogP contribution in [0, 0.1) is 5.82 Å². The molecule has 0 radical (unpaired) electrons. The molecule has 0 bridgehead atoms. The Morgan fingerprint density at radius 1 is 1.39 bits per heavy atom. The van der Waals surface area contributed by atoms with E-state index in [4.69, 9.17) is 0 Å². The first-order chi connectivity index (χ1) is 8.79. The molecule has 2 rings (SSSR count). The third kappa shape index (κ3) is 3.40. The van der Waals surface area contributed by atoms with Gasteiger partial charge in [0.2, 0.25) is 0 Å². The first kappa shape index (κ1) is 12.8. The topological polar surface area (TPSA) is 29.9 Å². The highest BCUT2D eigenvalue weighted by molar-refractivity contribution is 5.19. The lowest BCUT2D eigenvalue weighted by Gasteiger charge is -2.17. The molecular formula is C14H18FN3. The molecule has 0 fully saturated rings. The van der Waals surface area contributed by atoms with Gasteiger partial charge in [-0.15, -0.1) is 0 Å². The highest BCUT2D eigenvalue weighted by Gasteiger charge is 2.08. The zero-order valence-electron chi connectivity index (χ0n) is 10.5. The number of benzene rings is 1. The minimum atomic E-state index is -0.181. The van der Waals surface area contributed by atoms with Gasteiger partial charge in [-0.3, -0.25) is 4.68 Å². The summed E-state index contributed by atoms with van der Waals surface area (Å²) < 4.78 is 15.0. The van der Waals surface area contributed by atoms with Crippen molar-refractivity contribution in [2.45, 2.75) is 25.9 Å². The van der Waals surface area contributed by atoms with Crippen LogP contribution >= 0.6 is 0 Å². The van der Waals surface area contributed by atoms with Crippen LogP contribution in [0.2, 0.25) is 0 Å². The van der Waals surface area contributed by atoms with Crippen LogP contribution in [0.25, 0.3) is 0 Å². The Morgan fingerprint density at radius 3 is 2.94 bits per heavy atom. The van der Waals surface area contributed by atoms with Gasteiger partial charge in [0, 0.05) is 25.0 Å². The van der Waals surface area contributed by atoms with E-state index in [1.54, 1.807) is 18.3 Å². The van der Waals surface area contributed by atoms with E-state index in [9.17, 15) is 4.39 Å². The summed E-state index contributed by atoms with van der Waals surface area (Å²) in [6.45, 7) is 3.73. The third-order valence-electron chi connectivity index (χ3n) is 2.95. The van der Waals surface area contributed by atoms with Crippen LogP contribution in [0.5, 0.6) is 0 Å². The molecule has 96 valence electrons. The predicted molar refractivity (Wildman–Crippen MR) is 69.7 cm³/mol. The lowest BCUT2D eigenvalue weighted by Crippen LogP contribution is -2.25. The van der Waals surface area contributed by atoms with Gasteiger partial charge in [-0.05, 0) is 30.2 Å². The Morgan fingerprint density at radius 2 is 2.28 bits per heavy atom. The van der Waals surface area contributed by atoms with Gasteiger partial charge in [0.1, 0.15) is 5.82 Å². The molecule has 0 saturated heterocycles. The molecule has 0 aliphatic carbocycles. The lowest BCUT2D eigenvalue weighted by atomic mass is 10.0. The maximum absolute atomic E-state index is 13.2. The summed E-state index contributed by atoms with van der Waals surface area (Å²) in [7, 11) is 0. The first-order valence-corrected chi connectivity index (χ1v) is 6.26. The second-order valence-corrected chi connectivity index (χ2v) is 4.24. The number of nitrogens with one attached hydrogen (secondary N) is 1. The van der Waals surface area contributed by atoms with Crippen LogP contribution in [0.1, 0.15) is 24.9 Å². The van der Waals surface area contributed by atoms with Crippen molar-refractivity contribution in [3.63, 3.8) is 0 Å². The molecule has 1 unspecified atom stereocenters. The SMILES string of the molecule is CCC(NCCn1cccn1)c1cccc(F)c1. The highest BCUT2D eigenvalue weighted by atomic mass is 19.1. The summed E-state index contributed by atoms with van der Waals surface area (Å²) >= 11 is 0. The Bertz CT molecular complexity index is 468. The molecule has 1 aromatic carbocycles. The lowest BCUT2D eigenvalue weighted by molar-refractivity contribution is 0.474. The van der Waals surface area contributed by atoms with E-state index >= 15 is 0 Å². The van der Waals surface area contributed by atoms with Crippen molar-refractivity contribution in [2.24, 2.45) is 0 Å². The molecule has 3 nitrogen and oxygen atoms in total. The number of hydrogen-bond donors (Lipinski definition) is 1. The van der Waals surface area contributed by atoms with Gasteiger partial charge < -0.3 is 5.32 Å². The summed E-state index contributed by atoms with van der Waals surface area (Å²) in [6, 6.07) is 8.87. The molecule has 2 aromatic rings. The summed E-state index contributed by atoms with van der Waals surface area (Å²) in [5, 5.41) is 7.57. The standard InChI is InChI=1S/C14H18FN3/c1-2-14(12-5-3-6-13(15)11-12)16-8-10-18-9-4-7-17-18/h3-7,9,11,14,16H,2,8,10H2,1H3. The highest BCUT2D eigenvalue weighted by Crippen LogP contribution is 2.17. The molecule has 1 N–H and O–H groups in total. The third-order valence-corrected chi connectivity index (χ3v) is 2.95. The minimum absolute atomic E-state index is 0.181. The van der Waals surface area contributed by atoms with Crippen molar-refractivity contribution in [3.05, 3.63) is 54.1 Å². The number of rotatable bonds is 6. The summed E-state index contributed by atoms with van der Waals surface area (Å²) in [5.74, 6) is -0.181. The van der Waals surface area contributed by atoms with Gasteiger partial charge in [-0.25, -0.2) is 4.39 Å². The van der Waals surface area contributed by atoms with E-state index in [1.165, 1.54) is 6.07 Å². The van der Waals surface area contributed by atoms with E-state index in [0.717, 1.165) is 25.1 Å². The zero-order chi connectivity index (χ0) is 12.8. The molecule has 0 spiro atoms. The fraction of sp³-hybridized carbons (Fsp3) is 0.357. The van der Waals surface area contributed by atoms with E-state index in [1.807, 2.05) is 23.0 Å². The van der Waals surface area contributed by atoms with Gasteiger partial charge in [-0.2, -0.15) is 5.10 Å². The van der Waals surface area contributed by atoms with E-state index < -0.39 is 0 Å². The van der Waals surface area contributed by atoms with Crippen LogP contribution in [0.4, 0.5) is 4.39 Å². The van der Waals surface area contributed by atoms with Crippen LogP contribution in [-0.2, 0) is 6.54 Å². The van der Waals surface area contributed by atoms with E-state index in [2.05, 4.69) is 17.3 Å². The normalized spacial score (nSPS) is 12.6. The van der Waals surface area contributed by atoms with Crippen LogP contribution in [0.3, 0.4) is 0 Å². The monoisotopic (exact) mass is 247 g/mol. The number of hydrogen-bond acceptors (Lipinski definition) is 2. The molecule has 1 heterocycles. The molecule has 1 aromatic heterocycles. The Hall–Kier alpha value is -1.68. The Balaban J connectivity index is 1.89. The fourth-order valence-corrected chi connectivity index (χ4v) is 2.01. The number of nitrogens with zero attached hydrogens (tertiary/aromatic N) is 2. The van der Waals surface area contributed by atoms with Crippen molar-refractivity contribution in [1.29, 1.82) is 0 Å². The maximum atomic E-state index is 13.2. The minimum Gasteiger partial charge on any atom is -0.308 e. The summed E-state index contributed by atoms with van der Waals surface area (Å²) in [5.41, 5.74) is 0.998. The average Bonchev–Trinajstić information content (AvgIpc) is 2.88. The Labute approximate surface area is 107 Å². The second-order valence-electron chi connectivity index (χ2n) is 4.24. The quantitative estimate of drug-likeness (QED) is 0.850. The number of halogens is 1.